The van der Waals surface area contributed by atoms with Crippen molar-refractivity contribution in [2.45, 2.75) is 6.18 Å². The van der Waals surface area contributed by atoms with Crippen LogP contribution >= 0.6 is 11.6 Å². The number of nitrogens with zero attached hydrogens (tertiary/aromatic N) is 2. The Morgan fingerprint density at radius 1 is 0.941 bits per heavy atom. The maximum Gasteiger partial charge on any atom is 0.435 e. The molecule has 0 unspecified atom stereocenters. The topological polar surface area (TPSA) is 84.2 Å². The number of para-hydroxylation sites is 2. The zero-order chi connectivity index (χ0) is 24.5. The van der Waals surface area contributed by atoms with E-state index in [9.17, 15) is 27.9 Å². The quantitative estimate of drug-likeness (QED) is 0.354. The zero-order valence-corrected chi connectivity index (χ0v) is 17.9. The van der Waals surface area contributed by atoms with Gasteiger partial charge in [-0.2, -0.15) is 18.3 Å². The molecule has 4 rings (SSSR count). The first kappa shape index (κ1) is 23.1. The van der Waals surface area contributed by atoms with Gasteiger partial charge in [0.2, 0.25) is 0 Å². The van der Waals surface area contributed by atoms with Gasteiger partial charge in [-0.15, -0.1) is 0 Å². The minimum atomic E-state index is -4.67. The highest BCUT2D eigenvalue weighted by molar-refractivity contribution is 6.32. The number of amides is 1. The number of aromatic nitrogens is 2. The van der Waals surface area contributed by atoms with Gasteiger partial charge in [0.05, 0.1) is 27.7 Å². The number of nitrogens with one attached hydrogen (secondary N) is 1. The van der Waals surface area contributed by atoms with Crippen LogP contribution in [0, 0.1) is 0 Å². The van der Waals surface area contributed by atoms with Crippen LogP contribution in [0.1, 0.15) is 26.4 Å². The van der Waals surface area contributed by atoms with Crippen LogP contribution in [-0.4, -0.2) is 26.8 Å². The Balaban J connectivity index is 1.68. The predicted molar refractivity (Wildman–Crippen MR) is 120 cm³/mol. The molecule has 0 aliphatic heterocycles. The molecule has 34 heavy (non-hydrogen) atoms. The molecule has 1 amide bonds. The maximum atomic E-state index is 13.4. The Kier molecular flexibility index (Phi) is 6.12. The molecule has 0 fully saturated rings. The summed E-state index contributed by atoms with van der Waals surface area (Å²) in [6, 6.07) is 19.0. The molecule has 6 nitrogen and oxygen atoms in total. The molecule has 3 aromatic carbocycles. The van der Waals surface area contributed by atoms with E-state index in [0.29, 0.717) is 5.56 Å². The monoisotopic (exact) mass is 485 g/mol. The number of carbonyl (C=O) groups is 2. The second-order valence-corrected chi connectivity index (χ2v) is 7.57. The molecule has 0 aliphatic rings. The van der Waals surface area contributed by atoms with Crippen LogP contribution in [0.4, 0.5) is 18.9 Å². The maximum absolute atomic E-state index is 13.4. The molecule has 0 aliphatic carbocycles. The number of rotatable bonds is 5. The van der Waals surface area contributed by atoms with Crippen LogP contribution in [0.2, 0.25) is 5.02 Å². The Morgan fingerprint density at radius 2 is 1.59 bits per heavy atom. The van der Waals surface area contributed by atoms with Crippen molar-refractivity contribution in [1.29, 1.82) is 0 Å². The lowest BCUT2D eigenvalue weighted by molar-refractivity contribution is -0.141. The minimum Gasteiger partial charge on any atom is -0.478 e. The minimum absolute atomic E-state index is 0.0733. The molecule has 0 spiro atoms. The van der Waals surface area contributed by atoms with Gasteiger partial charge in [0.25, 0.3) is 5.91 Å². The van der Waals surface area contributed by atoms with Gasteiger partial charge in [0.1, 0.15) is 0 Å². The van der Waals surface area contributed by atoms with E-state index < -0.39 is 23.7 Å². The van der Waals surface area contributed by atoms with Gasteiger partial charge in [-0.3, -0.25) is 4.79 Å². The largest absolute Gasteiger partial charge is 0.478 e. The highest BCUT2D eigenvalue weighted by Crippen LogP contribution is 2.34. The number of hydrogen-bond acceptors (Lipinski definition) is 3. The molecule has 2 N–H and O–H groups in total. The standard InChI is InChI=1S/C24H15ClF3N3O3/c25-17-6-2-4-8-19(17)31-20(13-21(30-31)24(26,27)28)14-9-11-15(12-10-14)22(32)29-18-7-3-1-5-16(18)23(33)34/h1-13H,(H,29,32)(H,33,34). The number of aromatic carboxylic acids is 1. The van der Waals surface area contributed by atoms with E-state index in [1.807, 2.05) is 0 Å². The van der Waals surface area contributed by atoms with Gasteiger partial charge in [-0.1, -0.05) is 48.0 Å². The molecule has 1 aromatic heterocycles. The van der Waals surface area contributed by atoms with Gasteiger partial charge in [0, 0.05) is 11.1 Å². The second-order valence-electron chi connectivity index (χ2n) is 7.16. The molecule has 0 saturated heterocycles. The number of carboxylic acid groups (broad SMARTS) is 1. The van der Waals surface area contributed by atoms with Crippen LogP contribution < -0.4 is 5.32 Å². The number of carboxylic acids is 1. The van der Waals surface area contributed by atoms with Crippen LogP contribution in [0.25, 0.3) is 16.9 Å². The average Bonchev–Trinajstić information content (AvgIpc) is 3.25. The third kappa shape index (κ3) is 4.65. The Bertz CT molecular complexity index is 1380. The van der Waals surface area contributed by atoms with Crippen LogP contribution in [0.5, 0.6) is 0 Å². The summed E-state index contributed by atoms with van der Waals surface area (Å²) in [7, 11) is 0. The fourth-order valence-corrected chi connectivity index (χ4v) is 3.51. The summed E-state index contributed by atoms with van der Waals surface area (Å²) in [4.78, 5) is 24.0. The fourth-order valence-electron chi connectivity index (χ4n) is 3.30. The second kappa shape index (κ2) is 9.03. The van der Waals surface area contributed by atoms with Crippen molar-refractivity contribution in [2.24, 2.45) is 0 Å². The Morgan fingerprint density at radius 3 is 2.24 bits per heavy atom. The molecule has 0 radical (unpaired) electrons. The summed E-state index contributed by atoms with van der Waals surface area (Å²) in [5.41, 5.74) is -0.0967. The van der Waals surface area contributed by atoms with Gasteiger partial charge in [0.15, 0.2) is 5.69 Å². The summed E-state index contributed by atoms with van der Waals surface area (Å²) in [6.45, 7) is 0. The molecule has 1 heterocycles. The lowest BCUT2D eigenvalue weighted by Crippen LogP contribution is -2.14. The molecule has 0 atom stereocenters. The first-order valence-corrected chi connectivity index (χ1v) is 10.2. The van der Waals surface area contributed by atoms with Crippen molar-refractivity contribution < 1.29 is 27.9 Å². The van der Waals surface area contributed by atoms with Gasteiger partial charge >= 0.3 is 12.1 Å². The van der Waals surface area contributed by atoms with E-state index in [1.54, 1.807) is 24.3 Å². The van der Waals surface area contributed by atoms with E-state index in [1.165, 1.54) is 48.5 Å². The van der Waals surface area contributed by atoms with Crippen molar-refractivity contribution in [3.63, 3.8) is 0 Å². The predicted octanol–water partition coefficient (Wildman–Crippen LogP) is 6.16. The SMILES string of the molecule is O=C(Nc1ccccc1C(=O)O)c1ccc(-c2cc(C(F)(F)F)nn2-c2ccccc2Cl)cc1. The van der Waals surface area contributed by atoms with Crippen molar-refractivity contribution in [2.75, 3.05) is 5.32 Å². The van der Waals surface area contributed by atoms with Gasteiger partial charge in [-0.25, -0.2) is 9.48 Å². The first-order chi connectivity index (χ1) is 16.1. The van der Waals surface area contributed by atoms with Gasteiger partial charge < -0.3 is 10.4 Å². The highest BCUT2D eigenvalue weighted by Gasteiger charge is 2.35. The number of alkyl halides is 3. The third-order valence-corrected chi connectivity index (χ3v) is 5.25. The molecule has 0 bridgehead atoms. The van der Waals surface area contributed by atoms with E-state index in [-0.39, 0.29) is 33.2 Å². The van der Waals surface area contributed by atoms with Crippen molar-refractivity contribution >= 4 is 29.2 Å². The third-order valence-electron chi connectivity index (χ3n) is 4.93. The number of benzene rings is 3. The van der Waals surface area contributed by atoms with Crippen molar-refractivity contribution in [3.8, 4) is 16.9 Å². The number of halogens is 4. The van der Waals surface area contributed by atoms with E-state index in [4.69, 9.17) is 11.6 Å². The van der Waals surface area contributed by atoms with Crippen LogP contribution in [0.3, 0.4) is 0 Å². The van der Waals surface area contributed by atoms with E-state index in [0.717, 1.165) is 10.7 Å². The summed E-state index contributed by atoms with van der Waals surface area (Å²) in [5.74, 6) is -1.77. The number of hydrogen-bond donors (Lipinski definition) is 2. The highest BCUT2D eigenvalue weighted by atomic mass is 35.5. The smallest absolute Gasteiger partial charge is 0.435 e. The molecule has 4 aromatic rings. The lowest BCUT2D eigenvalue weighted by Gasteiger charge is -2.11. The van der Waals surface area contributed by atoms with Crippen LogP contribution in [0.15, 0.2) is 78.9 Å². The van der Waals surface area contributed by atoms with Crippen molar-refractivity contribution in [1.82, 2.24) is 9.78 Å². The first-order valence-electron chi connectivity index (χ1n) is 9.81. The lowest BCUT2D eigenvalue weighted by atomic mass is 10.1. The summed E-state index contributed by atoms with van der Waals surface area (Å²) in [5, 5.41) is 15.7. The normalized spacial score (nSPS) is 11.3. The average molecular weight is 486 g/mol. The summed E-state index contributed by atoms with van der Waals surface area (Å²) in [6.07, 6.45) is -4.67. The summed E-state index contributed by atoms with van der Waals surface area (Å²) >= 11 is 6.18. The van der Waals surface area contributed by atoms with Crippen molar-refractivity contribution in [3.05, 3.63) is 101 Å². The number of anilines is 1. The molecule has 0 saturated carbocycles. The molecule has 172 valence electrons. The van der Waals surface area contributed by atoms with E-state index >= 15 is 0 Å². The zero-order valence-electron chi connectivity index (χ0n) is 17.2. The molecular weight excluding hydrogens is 471 g/mol. The molecule has 10 heteroatoms. The molecular formula is C24H15ClF3N3O3. The number of carbonyl (C=O) groups excluding carboxylic acids is 1. The summed E-state index contributed by atoms with van der Waals surface area (Å²) < 4.78 is 41.2. The fraction of sp³-hybridized carbons (Fsp3) is 0.0417. The van der Waals surface area contributed by atoms with Gasteiger partial charge in [-0.05, 0) is 42.5 Å². The van der Waals surface area contributed by atoms with E-state index in [2.05, 4.69) is 10.4 Å². The Hall–Kier alpha value is -4.11. The Labute approximate surface area is 196 Å². The van der Waals surface area contributed by atoms with Crippen LogP contribution in [-0.2, 0) is 6.18 Å².